The Morgan fingerprint density at radius 2 is 2.50 bits per heavy atom. The zero-order valence-electron chi connectivity index (χ0n) is 4.47. The fourth-order valence-corrected chi connectivity index (χ4v) is 0.611. The summed E-state index contributed by atoms with van der Waals surface area (Å²) in [5.41, 5.74) is 5.97. The van der Waals surface area contributed by atoms with Gasteiger partial charge in [-0.3, -0.25) is 0 Å². The molecule has 2 N–H and O–H groups in total. The lowest BCUT2D eigenvalue weighted by Gasteiger charge is -2.03. The molecule has 0 radical (unpaired) electrons. The highest BCUT2D eigenvalue weighted by Gasteiger charge is 2.02. The highest BCUT2D eigenvalue weighted by Crippen LogP contribution is 2.08. The second-order valence-electron chi connectivity index (χ2n) is 1.81. The van der Waals surface area contributed by atoms with Gasteiger partial charge in [0.1, 0.15) is 6.17 Å². The van der Waals surface area contributed by atoms with E-state index in [4.69, 9.17) is 5.73 Å². The number of rotatable bonds is 0. The largest absolute Gasteiger partial charge is 0.399 e. The van der Waals surface area contributed by atoms with E-state index in [9.17, 15) is 4.39 Å². The molecule has 8 heavy (non-hydrogen) atoms. The molecule has 0 saturated carbocycles. The molecule has 0 spiro atoms. The fourth-order valence-electron chi connectivity index (χ4n) is 0.611. The Morgan fingerprint density at radius 3 is 2.88 bits per heavy atom. The number of alkyl halides is 1. The maximum absolute atomic E-state index is 12.2. The summed E-state index contributed by atoms with van der Waals surface area (Å²) < 4.78 is 12.2. The van der Waals surface area contributed by atoms with Crippen molar-refractivity contribution >= 4 is 0 Å². The number of allylic oxidation sites excluding steroid dienone is 3. The highest BCUT2D eigenvalue weighted by molar-refractivity contribution is 5.20. The SMILES string of the molecule is NC1=CCC(F)C=C1. The van der Waals surface area contributed by atoms with Gasteiger partial charge < -0.3 is 5.73 Å². The highest BCUT2D eigenvalue weighted by atomic mass is 19.1. The summed E-state index contributed by atoms with van der Waals surface area (Å²) in [6.45, 7) is 0. The molecule has 0 aromatic carbocycles. The molecule has 1 rings (SSSR count). The van der Waals surface area contributed by atoms with E-state index in [-0.39, 0.29) is 0 Å². The molecule has 0 aliphatic heterocycles. The molecule has 0 heterocycles. The first-order valence-corrected chi connectivity index (χ1v) is 2.57. The molecule has 1 aliphatic carbocycles. The van der Waals surface area contributed by atoms with Crippen molar-refractivity contribution < 1.29 is 4.39 Å². The lowest BCUT2D eigenvalue weighted by atomic mass is 10.1. The summed E-state index contributed by atoms with van der Waals surface area (Å²) in [5.74, 6) is 0. The summed E-state index contributed by atoms with van der Waals surface area (Å²) in [7, 11) is 0. The van der Waals surface area contributed by atoms with Crippen molar-refractivity contribution in [1.82, 2.24) is 0 Å². The van der Waals surface area contributed by atoms with Gasteiger partial charge in [-0.25, -0.2) is 4.39 Å². The van der Waals surface area contributed by atoms with E-state index in [1.807, 2.05) is 0 Å². The summed E-state index contributed by atoms with van der Waals surface area (Å²) >= 11 is 0. The van der Waals surface area contributed by atoms with E-state index < -0.39 is 6.17 Å². The molecule has 0 amide bonds. The van der Waals surface area contributed by atoms with Gasteiger partial charge in [-0.1, -0.05) is 6.08 Å². The van der Waals surface area contributed by atoms with E-state index in [1.54, 1.807) is 12.2 Å². The summed E-state index contributed by atoms with van der Waals surface area (Å²) in [5, 5.41) is 0. The van der Waals surface area contributed by atoms with Crippen LogP contribution in [-0.4, -0.2) is 6.17 Å². The van der Waals surface area contributed by atoms with Gasteiger partial charge >= 0.3 is 0 Å². The van der Waals surface area contributed by atoms with Crippen LogP contribution in [0.15, 0.2) is 23.9 Å². The minimum absolute atomic E-state index is 0.433. The van der Waals surface area contributed by atoms with Gasteiger partial charge in [0, 0.05) is 12.1 Å². The zero-order valence-corrected chi connectivity index (χ0v) is 4.47. The third-order valence-corrected chi connectivity index (χ3v) is 1.08. The van der Waals surface area contributed by atoms with E-state index in [1.165, 1.54) is 6.08 Å². The molecule has 1 atom stereocenters. The van der Waals surface area contributed by atoms with Crippen LogP contribution in [0.5, 0.6) is 0 Å². The van der Waals surface area contributed by atoms with E-state index >= 15 is 0 Å². The average Bonchev–Trinajstić information content (AvgIpc) is 1.77. The Labute approximate surface area is 47.7 Å². The molecule has 1 aliphatic rings. The second kappa shape index (κ2) is 1.99. The average molecular weight is 113 g/mol. The zero-order chi connectivity index (χ0) is 5.98. The maximum atomic E-state index is 12.2. The molecule has 0 aromatic heterocycles. The normalized spacial score (nSPS) is 27.6. The van der Waals surface area contributed by atoms with Crippen LogP contribution >= 0.6 is 0 Å². The Hall–Kier alpha value is -0.790. The van der Waals surface area contributed by atoms with Crippen molar-refractivity contribution in [2.24, 2.45) is 5.73 Å². The number of hydrogen-bond acceptors (Lipinski definition) is 1. The Balaban J connectivity index is 2.58. The fraction of sp³-hybridized carbons (Fsp3) is 0.333. The summed E-state index contributed by atoms with van der Waals surface area (Å²) in [6, 6.07) is 0. The Morgan fingerprint density at radius 1 is 1.75 bits per heavy atom. The molecular formula is C6H8FN. The number of nitrogens with two attached hydrogens (primary N) is 1. The van der Waals surface area contributed by atoms with Gasteiger partial charge in [-0.15, -0.1) is 0 Å². The van der Waals surface area contributed by atoms with Gasteiger partial charge in [0.2, 0.25) is 0 Å². The van der Waals surface area contributed by atoms with Crippen LogP contribution in [0.4, 0.5) is 4.39 Å². The van der Waals surface area contributed by atoms with Crippen LogP contribution in [0.3, 0.4) is 0 Å². The van der Waals surface area contributed by atoms with Gasteiger partial charge in [-0.2, -0.15) is 0 Å². The monoisotopic (exact) mass is 113 g/mol. The van der Waals surface area contributed by atoms with Crippen molar-refractivity contribution in [3.63, 3.8) is 0 Å². The molecule has 0 bridgehead atoms. The quantitative estimate of drug-likeness (QED) is 0.500. The summed E-state index contributed by atoms with van der Waals surface area (Å²) in [4.78, 5) is 0. The van der Waals surface area contributed by atoms with Crippen LogP contribution < -0.4 is 5.73 Å². The number of hydrogen-bond donors (Lipinski definition) is 1. The predicted molar refractivity (Wildman–Crippen MR) is 30.9 cm³/mol. The molecule has 44 valence electrons. The molecule has 0 saturated heterocycles. The third-order valence-electron chi connectivity index (χ3n) is 1.08. The predicted octanol–water partition coefficient (Wildman–Crippen LogP) is 1.13. The van der Waals surface area contributed by atoms with Gasteiger partial charge in [0.25, 0.3) is 0 Å². The smallest absolute Gasteiger partial charge is 0.122 e. The third kappa shape index (κ3) is 1.09. The molecule has 1 nitrogen and oxygen atoms in total. The molecular weight excluding hydrogens is 105 g/mol. The van der Waals surface area contributed by atoms with E-state index in [0.29, 0.717) is 12.1 Å². The summed E-state index contributed by atoms with van der Waals surface area (Å²) in [6.07, 6.45) is 4.36. The van der Waals surface area contributed by atoms with Crippen LogP contribution in [0.1, 0.15) is 6.42 Å². The standard InChI is InChI=1S/C6H8FN/c7-5-1-3-6(8)4-2-5/h1,3-5H,2,8H2. The van der Waals surface area contributed by atoms with Crippen molar-refractivity contribution in [3.8, 4) is 0 Å². The molecule has 2 heteroatoms. The van der Waals surface area contributed by atoms with Crippen molar-refractivity contribution in [2.75, 3.05) is 0 Å². The molecule has 1 unspecified atom stereocenters. The van der Waals surface area contributed by atoms with E-state index in [0.717, 1.165) is 0 Å². The van der Waals surface area contributed by atoms with Crippen molar-refractivity contribution in [2.45, 2.75) is 12.6 Å². The first-order chi connectivity index (χ1) is 3.79. The maximum Gasteiger partial charge on any atom is 0.122 e. The van der Waals surface area contributed by atoms with Crippen LogP contribution in [0.25, 0.3) is 0 Å². The lowest BCUT2D eigenvalue weighted by molar-refractivity contribution is 0.400. The minimum atomic E-state index is -0.817. The lowest BCUT2D eigenvalue weighted by Crippen LogP contribution is -2.03. The van der Waals surface area contributed by atoms with Crippen LogP contribution in [0, 0.1) is 0 Å². The Bertz CT molecular complexity index is 137. The van der Waals surface area contributed by atoms with Crippen LogP contribution in [0.2, 0.25) is 0 Å². The van der Waals surface area contributed by atoms with Crippen LogP contribution in [-0.2, 0) is 0 Å². The molecule has 0 aromatic rings. The Kier molecular flexibility index (Phi) is 1.33. The minimum Gasteiger partial charge on any atom is -0.399 e. The van der Waals surface area contributed by atoms with Gasteiger partial charge in [0.15, 0.2) is 0 Å². The molecule has 0 fully saturated rings. The topological polar surface area (TPSA) is 26.0 Å². The van der Waals surface area contributed by atoms with E-state index in [2.05, 4.69) is 0 Å². The van der Waals surface area contributed by atoms with Crippen molar-refractivity contribution in [1.29, 1.82) is 0 Å². The number of halogens is 1. The van der Waals surface area contributed by atoms with Crippen molar-refractivity contribution in [3.05, 3.63) is 23.9 Å². The van der Waals surface area contributed by atoms with Gasteiger partial charge in [-0.05, 0) is 12.2 Å². The van der Waals surface area contributed by atoms with Gasteiger partial charge in [0.05, 0.1) is 0 Å². The first kappa shape index (κ1) is 5.35. The second-order valence-corrected chi connectivity index (χ2v) is 1.81. The first-order valence-electron chi connectivity index (χ1n) is 2.57.